The Labute approximate surface area is 157 Å². The molecule has 130 valence electrons. The number of thioether (sulfide) groups is 1. The summed E-state index contributed by atoms with van der Waals surface area (Å²) in [6.07, 6.45) is 6.95. The van der Waals surface area contributed by atoms with Crippen LogP contribution in [0.2, 0.25) is 0 Å². The van der Waals surface area contributed by atoms with E-state index in [-0.39, 0.29) is 0 Å². The number of fused-ring (bicyclic) bond motifs is 1. The topological polar surface area (TPSA) is 65.7 Å². The van der Waals surface area contributed by atoms with Crippen LogP contribution in [0, 0.1) is 11.3 Å². The maximum atomic E-state index is 9.85. The van der Waals surface area contributed by atoms with Crippen molar-refractivity contribution in [2.75, 3.05) is 24.2 Å². The van der Waals surface area contributed by atoms with Gasteiger partial charge in [0.2, 0.25) is 0 Å². The van der Waals surface area contributed by atoms with E-state index in [0.29, 0.717) is 0 Å². The van der Waals surface area contributed by atoms with Crippen molar-refractivity contribution in [2.45, 2.75) is 23.2 Å². The summed E-state index contributed by atoms with van der Waals surface area (Å²) in [5.74, 6) is 0.957. The Morgan fingerprint density at radius 1 is 1.12 bits per heavy atom. The van der Waals surface area contributed by atoms with Crippen molar-refractivity contribution in [3.05, 3.63) is 54.6 Å². The zero-order chi connectivity index (χ0) is 18.0. The highest BCUT2D eigenvalue weighted by Gasteiger charge is 2.38. The molecule has 4 rings (SSSR count). The number of nitriles is 1. The molecule has 0 bridgehead atoms. The maximum absolute atomic E-state index is 9.85. The van der Waals surface area contributed by atoms with E-state index in [9.17, 15) is 5.26 Å². The van der Waals surface area contributed by atoms with Crippen molar-refractivity contribution in [3.63, 3.8) is 0 Å². The molecule has 3 heterocycles. The molecular weight excluding hydrogens is 342 g/mol. The normalized spacial score (nSPS) is 16.4. The highest BCUT2D eigenvalue weighted by Crippen LogP contribution is 2.36. The lowest BCUT2D eigenvalue weighted by molar-refractivity contribution is 0.405. The molecule has 0 atom stereocenters. The summed E-state index contributed by atoms with van der Waals surface area (Å²) in [4.78, 5) is 16.9. The van der Waals surface area contributed by atoms with E-state index < -0.39 is 5.41 Å². The van der Waals surface area contributed by atoms with Crippen LogP contribution in [-0.2, 0) is 5.41 Å². The Morgan fingerprint density at radius 2 is 1.96 bits per heavy atom. The number of piperidine rings is 1. The van der Waals surface area contributed by atoms with E-state index in [1.807, 2.05) is 24.3 Å². The first-order chi connectivity index (χ1) is 12.8. The van der Waals surface area contributed by atoms with E-state index in [0.717, 1.165) is 48.3 Å². The van der Waals surface area contributed by atoms with Gasteiger partial charge in [-0.3, -0.25) is 4.98 Å². The maximum Gasteiger partial charge on any atom is 0.139 e. The van der Waals surface area contributed by atoms with Gasteiger partial charge in [0.15, 0.2) is 0 Å². The molecule has 0 N–H and O–H groups in total. The fraction of sp³-hybridized carbons (Fsp3) is 0.300. The van der Waals surface area contributed by atoms with Gasteiger partial charge < -0.3 is 4.90 Å². The Hall–Kier alpha value is -2.65. The van der Waals surface area contributed by atoms with Gasteiger partial charge in [0.1, 0.15) is 17.6 Å². The molecule has 5 nitrogen and oxygen atoms in total. The minimum absolute atomic E-state index is 0.509. The molecule has 0 saturated carbocycles. The van der Waals surface area contributed by atoms with Crippen molar-refractivity contribution in [1.29, 1.82) is 5.26 Å². The number of nitrogens with zero attached hydrogens (tertiary/aromatic N) is 5. The Balaban J connectivity index is 1.64. The summed E-state index contributed by atoms with van der Waals surface area (Å²) in [6, 6.07) is 14.6. The second-order valence-corrected chi connectivity index (χ2v) is 7.36. The first kappa shape index (κ1) is 16.8. The molecule has 1 aliphatic rings. The number of anilines is 1. The van der Waals surface area contributed by atoms with Crippen LogP contribution in [0.1, 0.15) is 18.5 Å². The minimum Gasteiger partial charge on any atom is -0.356 e. The van der Waals surface area contributed by atoms with Crippen molar-refractivity contribution < 1.29 is 0 Å². The first-order valence-corrected chi connectivity index (χ1v) is 9.85. The zero-order valence-electron chi connectivity index (χ0n) is 14.6. The molecule has 2 aromatic heterocycles. The third-order valence-corrected chi connectivity index (χ3v) is 5.83. The quantitative estimate of drug-likeness (QED) is 0.661. The number of hydrogen-bond acceptors (Lipinski definition) is 6. The lowest BCUT2D eigenvalue weighted by atomic mass is 9.76. The summed E-state index contributed by atoms with van der Waals surface area (Å²) in [5, 5.41) is 10.9. The SMILES string of the molecule is CSc1ccc2ncnc(N3CCC(C#N)(c4ccccn4)CC3)c2c1. The largest absolute Gasteiger partial charge is 0.356 e. The molecule has 1 saturated heterocycles. The zero-order valence-corrected chi connectivity index (χ0v) is 15.4. The molecule has 1 fully saturated rings. The van der Waals surface area contributed by atoms with Crippen LogP contribution in [-0.4, -0.2) is 34.3 Å². The van der Waals surface area contributed by atoms with Crippen LogP contribution in [0.3, 0.4) is 0 Å². The standard InChI is InChI=1S/C20H19N5S/c1-26-15-5-6-17-16(12-15)19(24-14-23-17)25-10-7-20(13-21,8-11-25)18-4-2-3-9-22-18/h2-6,9,12,14H,7-8,10-11H2,1H3. The molecule has 6 heteroatoms. The summed E-state index contributed by atoms with van der Waals surface area (Å²) < 4.78 is 0. The lowest BCUT2D eigenvalue weighted by Crippen LogP contribution is -2.42. The summed E-state index contributed by atoms with van der Waals surface area (Å²) >= 11 is 1.71. The Morgan fingerprint density at radius 3 is 2.65 bits per heavy atom. The summed E-state index contributed by atoms with van der Waals surface area (Å²) in [5.41, 5.74) is 1.32. The third-order valence-electron chi connectivity index (χ3n) is 5.11. The van der Waals surface area contributed by atoms with E-state index in [1.165, 1.54) is 4.90 Å². The molecule has 0 radical (unpaired) electrons. The fourth-order valence-corrected chi connectivity index (χ4v) is 4.01. The van der Waals surface area contributed by atoms with Crippen molar-refractivity contribution in [1.82, 2.24) is 15.0 Å². The molecule has 0 amide bonds. The lowest BCUT2D eigenvalue weighted by Gasteiger charge is -2.37. The molecular formula is C20H19N5S. The second kappa shape index (κ2) is 6.93. The third kappa shape index (κ3) is 2.89. The predicted molar refractivity (Wildman–Crippen MR) is 104 cm³/mol. The molecule has 26 heavy (non-hydrogen) atoms. The van der Waals surface area contributed by atoms with Gasteiger partial charge in [-0.25, -0.2) is 9.97 Å². The van der Waals surface area contributed by atoms with Crippen LogP contribution < -0.4 is 4.90 Å². The van der Waals surface area contributed by atoms with Gasteiger partial charge in [-0.1, -0.05) is 6.07 Å². The second-order valence-electron chi connectivity index (χ2n) is 6.48. The smallest absolute Gasteiger partial charge is 0.139 e. The monoisotopic (exact) mass is 361 g/mol. The fourth-order valence-electron chi connectivity index (χ4n) is 3.57. The average molecular weight is 361 g/mol. The summed E-state index contributed by atoms with van der Waals surface area (Å²) in [7, 11) is 0. The van der Waals surface area contributed by atoms with E-state index in [2.05, 4.69) is 44.3 Å². The first-order valence-electron chi connectivity index (χ1n) is 8.62. The number of rotatable bonds is 3. The minimum atomic E-state index is -0.509. The molecule has 1 aromatic carbocycles. The average Bonchev–Trinajstić information content (AvgIpc) is 2.73. The van der Waals surface area contributed by atoms with Gasteiger partial charge >= 0.3 is 0 Å². The van der Waals surface area contributed by atoms with E-state index in [4.69, 9.17) is 0 Å². The van der Waals surface area contributed by atoms with Gasteiger partial charge in [-0.2, -0.15) is 5.26 Å². The van der Waals surface area contributed by atoms with E-state index >= 15 is 0 Å². The number of aromatic nitrogens is 3. The molecule has 3 aromatic rings. The summed E-state index contributed by atoms with van der Waals surface area (Å²) in [6.45, 7) is 1.56. The highest BCUT2D eigenvalue weighted by atomic mass is 32.2. The van der Waals surface area contributed by atoms with E-state index in [1.54, 1.807) is 24.3 Å². The van der Waals surface area contributed by atoms with Crippen LogP contribution in [0.4, 0.5) is 5.82 Å². The van der Waals surface area contributed by atoms with Crippen LogP contribution >= 0.6 is 11.8 Å². The van der Waals surface area contributed by atoms with Gasteiger partial charge in [-0.15, -0.1) is 11.8 Å². The van der Waals surface area contributed by atoms with Gasteiger partial charge in [0, 0.05) is 29.6 Å². The van der Waals surface area contributed by atoms with Crippen LogP contribution in [0.15, 0.2) is 53.8 Å². The van der Waals surface area contributed by atoms with Gasteiger partial charge in [0.25, 0.3) is 0 Å². The molecule has 0 aliphatic carbocycles. The molecule has 1 aliphatic heterocycles. The highest BCUT2D eigenvalue weighted by molar-refractivity contribution is 7.98. The number of hydrogen-bond donors (Lipinski definition) is 0. The predicted octanol–water partition coefficient (Wildman–Crippen LogP) is 3.81. The van der Waals surface area contributed by atoms with Crippen molar-refractivity contribution in [3.8, 4) is 6.07 Å². The van der Waals surface area contributed by atoms with Crippen LogP contribution in [0.25, 0.3) is 10.9 Å². The molecule has 0 spiro atoms. The van der Waals surface area contributed by atoms with Crippen molar-refractivity contribution in [2.24, 2.45) is 0 Å². The number of benzene rings is 1. The molecule has 0 unspecified atom stereocenters. The van der Waals surface area contributed by atoms with Crippen molar-refractivity contribution >= 4 is 28.5 Å². The van der Waals surface area contributed by atoms with Crippen LogP contribution in [0.5, 0.6) is 0 Å². The Kier molecular flexibility index (Phi) is 4.48. The Bertz CT molecular complexity index is 959. The van der Waals surface area contributed by atoms with Gasteiger partial charge in [-0.05, 0) is 49.4 Å². The number of pyridine rings is 1. The van der Waals surface area contributed by atoms with Gasteiger partial charge in [0.05, 0.1) is 17.3 Å².